The summed E-state index contributed by atoms with van der Waals surface area (Å²) in [6, 6.07) is 5.51. The van der Waals surface area contributed by atoms with E-state index < -0.39 is 0 Å². The largest absolute Gasteiger partial charge is 0.345 e. The molecule has 0 unspecified atom stereocenters. The summed E-state index contributed by atoms with van der Waals surface area (Å²) in [4.78, 5) is 18.4. The third kappa shape index (κ3) is 1.33. The third-order valence-corrected chi connectivity index (χ3v) is 2.06. The highest BCUT2D eigenvalue weighted by Crippen LogP contribution is 2.12. The van der Waals surface area contributed by atoms with Crippen molar-refractivity contribution in [3.8, 4) is 0 Å². The van der Waals surface area contributed by atoms with Crippen LogP contribution in [0, 0.1) is 0 Å². The zero-order valence-electron chi connectivity index (χ0n) is 7.37. The smallest absolute Gasteiger partial charge is 0.162 e. The molecule has 3 heteroatoms. The fourth-order valence-electron chi connectivity index (χ4n) is 1.31. The predicted octanol–water partition coefficient (Wildman–Crippen LogP) is 2.16. The number of nitrogens with one attached hydrogen (secondary N) is 1. The average Bonchev–Trinajstić information content (AvgIpc) is 2.63. The number of fused-ring (bicyclic) bond motifs is 1. The zero-order valence-corrected chi connectivity index (χ0v) is 7.37. The number of hydrogen-bond donors (Lipinski definition) is 1. The first-order valence-electron chi connectivity index (χ1n) is 4.27. The van der Waals surface area contributed by atoms with E-state index in [1.807, 2.05) is 25.1 Å². The lowest BCUT2D eigenvalue weighted by Gasteiger charge is -1.96. The molecule has 0 aliphatic carbocycles. The molecule has 0 aliphatic rings. The lowest BCUT2D eigenvalue weighted by Crippen LogP contribution is -1.95. The first-order chi connectivity index (χ1) is 6.31. The molecule has 13 heavy (non-hydrogen) atoms. The second kappa shape index (κ2) is 3.01. The maximum Gasteiger partial charge on any atom is 0.162 e. The number of imidazole rings is 1. The number of ketones is 1. The second-order valence-electron chi connectivity index (χ2n) is 2.91. The summed E-state index contributed by atoms with van der Waals surface area (Å²) < 4.78 is 0. The molecule has 1 N–H and O–H groups in total. The molecule has 0 saturated carbocycles. The van der Waals surface area contributed by atoms with Crippen LogP contribution in [0.1, 0.15) is 23.7 Å². The Morgan fingerprint density at radius 3 is 3.15 bits per heavy atom. The Hall–Kier alpha value is -1.64. The first-order valence-corrected chi connectivity index (χ1v) is 4.27. The molecular formula is C10H10N2O. The summed E-state index contributed by atoms with van der Waals surface area (Å²) in [5.74, 6) is 0.163. The van der Waals surface area contributed by atoms with Crippen molar-refractivity contribution in [3.63, 3.8) is 0 Å². The Labute approximate surface area is 75.8 Å². The number of aromatic amines is 1. The van der Waals surface area contributed by atoms with Crippen LogP contribution in [-0.2, 0) is 0 Å². The van der Waals surface area contributed by atoms with E-state index in [9.17, 15) is 4.79 Å². The summed E-state index contributed by atoms with van der Waals surface area (Å²) in [7, 11) is 0. The van der Waals surface area contributed by atoms with Crippen LogP contribution in [0.3, 0.4) is 0 Å². The molecular weight excluding hydrogens is 164 g/mol. The monoisotopic (exact) mass is 174 g/mol. The van der Waals surface area contributed by atoms with Gasteiger partial charge in [0.2, 0.25) is 0 Å². The van der Waals surface area contributed by atoms with Crippen molar-refractivity contribution in [3.05, 3.63) is 30.1 Å². The van der Waals surface area contributed by atoms with Crippen LogP contribution in [0.2, 0.25) is 0 Å². The van der Waals surface area contributed by atoms with Gasteiger partial charge in [-0.3, -0.25) is 4.79 Å². The summed E-state index contributed by atoms with van der Waals surface area (Å²) >= 11 is 0. The minimum Gasteiger partial charge on any atom is -0.345 e. The highest BCUT2D eigenvalue weighted by Gasteiger charge is 2.04. The van der Waals surface area contributed by atoms with Gasteiger partial charge in [0.1, 0.15) is 0 Å². The van der Waals surface area contributed by atoms with Crippen molar-refractivity contribution in [2.75, 3.05) is 0 Å². The fourth-order valence-corrected chi connectivity index (χ4v) is 1.31. The van der Waals surface area contributed by atoms with E-state index in [1.165, 1.54) is 0 Å². The summed E-state index contributed by atoms with van der Waals surface area (Å²) in [6.45, 7) is 1.86. The van der Waals surface area contributed by atoms with Gasteiger partial charge in [0, 0.05) is 12.0 Å². The number of benzene rings is 1. The van der Waals surface area contributed by atoms with Crippen LogP contribution in [0.4, 0.5) is 0 Å². The van der Waals surface area contributed by atoms with Crippen LogP contribution in [-0.4, -0.2) is 15.8 Å². The van der Waals surface area contributed by atoms with Gasteiger partial charge in [-0.1, -0.05) is 6.92 Å². The summed E-state index contributed by atoms with van der Waals surface area (Å²) in [6.07, 6.45) is 2.17. The maximum absolute atomic E-state index is 11.3. The minimum absolute atomic E-state index is 0.163. The molecule has 0 bridgehead atoms. The molecule has 0 spiro atoms. The van der Waals surface area contributed by atoms with E-state index in [-0.39, 0.29) is 5.78 Å². The molecule has 2 rings (SSSR count). The molecule has 66 valence electrons. The van der Waals surface area contributed by atoms with Crippen molar-refractivity contribution >= 4 is 16.8 Å². The van der Waals surface area contributed by atoms with Gasteiger partial charge in [0.15, 0.2) is 5.78 Å². The van der Waals surface area contributed by atoms with Gasteiger partial charge < -0.3 is 4.98 Å². The number of Topliss-reactive ketones (excluding diaryl/α,β-unsaturated/α-hetero) is 1. The average molecular weight is 174 g/mol. The molecule has 0 amide bonds. The Balaban J connectivity index is 2.54. The standard InChI is InChI=1S/C10H10N2O/c1-2-10(13)7-3-4-8-9(5-7)12-6-11-8/h3-6H,2H2,1H3,(H,11,12). The van der Waals surface area contributed by atoms with Gasteiger partial charge >= 0.3 is 0 Å². The normalized spacial score (nSPS) is 10.5. The van der Waals surface area contributed by atoms with Gasteiger partial charge in [0.05, 0.1) is 17.4 Å². The SMILES string of the molecule is CCC(=O)c1ccc2nc[nH]c2c1. The number of H-pyrrole nitrogens is 1. The fraction of sp³-hybridized carbons (Fsp3) is 0.200. The van der Waals surface area contributed by atoms with E-state index >= 15 is 0 Å². The number of carbonyl (C=O) groups is 1. The van der Waals surface area contributed by atoms with Gasteiger partial charge in [-0.05, 0) is 18.2 Å². The Bertz CT molecular complexity index is 445. The lowest BCUT2D eigenvalue weighted by molar-refractivity contribution is 0.0988. The van der Waals surface area contributed by atoms with Crippen LogP contribution in [0.25, 0.3) is 11.0 Å². The van der Waals surface area contributed by atoms with Gasteiger partial charge in [0.25, 0.3) is 0 Å². The van der Waals surface area contributed by atoms with Crippen molar-refractivity contribution < 1.29 is 4.79 Å². The number of carbonyl (C=O) groups excluding carboxylic acids is 1. The van der Waals surface area contributed by atoms with E-state index in [2.05, 4.69) is 9.97 Å². The van der Waals surface area contributed by atoms with E-state index in [4.69, 9.17) is 0 Å². The molecule has 0 atom stereocenters. The molecule has 0 aliphatic heterocycles. The van der Waals surface area contributed by atoms with Crippen LogP contribution in [0.15, 0.2) is 24.5 Å². The molecule has 0 radical (unpaired) electrons. The summed E-state index contributed by atoms with van der Waals surface area (Å²) in [5.41, 5.74) is 2.56. The Morgan fingerprint density at radius 1 is 1.54 bits per heavy atom. The van der Waals surface area contributed by atoms with Crippen LogP contribution >= 0.6 is 0 Å². The lowest BCUT2D eigenvalue weighted by atomic mass is 10.1. The number of nitrogens with zero attached hydrogens (tertiary/aromatic N) is 1. The maximum atomic E-state index is 11.3. The van der Waals surface area contributed by atoms with E-state index in [0.717, 1.165) is 16.6 Å². The van der Waals surface area contributed by atoms with E-state index in [0.29, 0.717) is 6.42 Å². The minimum atomic E-state index is 0.163. The van der Waals surface area contributed by atoms with E-state index in [1.54, 1.807) is 6.33 Å². The summed E-state index contributed by atoms with van der Waals surface area (Å²) in [5, 5.41) is 0. The molecule has 3 nitrogen and oxygen atoms in total. The first kappa shape index (κ1) is 7.98. The van der Waals surface area contributed by atoms with Crippen molar-refractivity contribution in [2.45, 2.75) is 13.3 Å². The highest BCUT2D eigenvalue weighted by molar-refractivity contribution is 5.98. The zero-order chi connectivity index (χ0) is 9.26. The van der Waals surface area contributed by atoms with Crippen molar-refractivity contribution in [1.29, 1.82) is 0 Å². The Morgan fingerprint density at radius 2 is 2.38 bits per heavy atom. The second-order valence-corrected chi connectivity index (χ2v) is 2.91. The van der Waals surface area contributed by atoms with Crippen LogP contribution in [0.5, 0.6) is 0 Å². The quantitative estimate of drug-likeness (QED) is 0.709. The van der Waals surface area contributed by atoms with Gasteiger partial charge in [-0.25, -0.2) is 4.98 Å². The highest BCUT2D eigenvalue weighted by atomic mass is 16.1. The molecule has 1 heterocycles. The van der Waals surface area contributed by atoms with Gasteiger partial charge in [-0.15, -0.1) is 0 Å². The molecule has 1 aromatic carbocycles. The van der Waals surface area contributed by atoms with Crippen LogP contribution < -0.4 is 0 Å². The molecule has 0 saturated heterocycles. The number of rotatable bonds is 2. The predicted molar refractivity (Wildman–Crippen MR) is 50.7 cm³/mol. The third-order valence-electron chi connectivity index (χ3n) is 2.06. The topological polar surface area (TPSA) is 45.8 Å². The van der Waals surface area contributed by atoms with Gasteiger partial charge in [-0.2, -0.15) is 0 Å². The number of aromatic nitrogens is 2. The molecule has 1 aromatic heterocycles. The van der Waals surface area contributed by atoms with Crippen molar-refractivity contribution in [1.82, 2.24) is 9.97 Å². The Kier molecular flexibility index (Phi) is 1.85. The molecule has 2 aromatic rings. The number of hydrogen-bond acceptors (Lipinski definition) is 2. The molecule has 0 fully saturated rings. The van der Waals surface area contributed by atoms with Crippen molar-refractivity contribution in [2.24, 2.45) is 0 Å².